The Bertz CT molecular complexity index is 831. The van der Waals surface area contributed by atoms with Crippen molar-refractivity contribution in [3.05, 3.63) is 76.9 Å². The Morgan fingerprint density at radius 3 is 2.34 bits per heavy atom. The molecule has 0 aromatic heterocycles. The summed E-state index contributed by atoms with van der Waals surface area (Å²) in [7, 11) is 0. The van der Waals surface area contributed by atoms with E-state index in [0.29, 0.717) is 5.92 Å². The Kier molecular flexibility index (Phi) is 8.44. The van der Waals surface area contributed by atoms with Gasteiger partial charge in [0.1, 0.15) is 5.75 Å². The first-order chi connectivity index (χ1) is 14.3. The second-order valence-corrected chi connectivity index (χ2v) is 8.02. The fourth-order valence-corrected chi connectivity index (χ4v) is 3.79. The van der Waals surface area contributed by atoms with Gasteiger partial charge in [-0.15, -0.1) is 0 Å². The Labute approximate surface area is 177 Å². The first kappa shape index (κ1) is 21.3. The summed E-state index contributed by atoms with van der Waals surface area (Å²) < 4.78 is 5.63. The third-order valence-corrected chi connectivity index (χ3v) is 5.63. The van der Waals surface area contributed by atoms with Crippen LogP contribution in [0.15, 0.2) is 60.2 Å². The lowest BCUT2D eigenvalue weighted by Crippen LogP contribution is -2.04. The standard InChI is InChI=1S/C28H34O/c1-3-5-6-7-23-10-16-26(17-11-23)27-18-12-24(13-19-27)8-9-25-14-20-28(21-15-25)29-22-4-2/h10-12,14-17,20-21,27H,3-7,13,18-19,22H2,1-2H3. The van der Waals surface area contributed by atoms with Crippen molar-refractivity contribution in [2.75, 3.05) is 6.61 Å². The number of ether oxygens (including phenoxy) is 1. The fourth-order valence-electron chi connectivity index (χ4n) is 3.79. The van der Waals surface area contributed by atoms with Crippen molar-refractivity contribution in [2.24, 2.45) is 0 Å². The highest BCUT2D eigenvalue weighted by atomic mass is 16.5. The summed E-state index contributed by atoms with van der Waals surface area (Å²) in [5.74, 6) is 8.25. The topological polar surface area (TPSA) is 9.23 Å². The molecule has 3 rings (SSSR count). The average Bonchev–Trinajstić information content (AvgIpc) is 2.78. The van der Waals surface area contributed by atoms with E-state index in [1.165, 1.54) is 48.8 Å². The molecular formula is C28H34O. The molecule has 1 aliphatic carbocycles. The number of allylic oxidation sites excluding steroid dienone is 2. The minimum atomic E-state index is 0.639. The van der Waals surface area contributed by atoms with Crippen LogP contribution in [-0.4, -0.2) is 6.61 Å². The van der Waals surface area contributed by atoms with Crippen LogP contribution in [0.1, 0.15) is 81.4 Å². The monoisotopic (exact) mass is 386 g/mol. The number of unbranched alkanes of at least 4 members (excludes halogenated alkanes) is 2. The van der Waals surface area contributed by atoms with Crippen molar-refractivity contribution in [3.8, 4) is 17.6 Å². The number of hydrogen-bond acceptors (Lipinski definition) is 1. The number of hydrogen-bond donors (Lipinski definition) is 0. The first-order valence-electron chi connectivity index (χ1n) is 11.3. The van der Waals surface area contributed by atoms with Crippen molar-refractivity contribution in [2.45, 2.75) is 71.1 Å². The number of aryl methyl sites for hydroxylation is 1. The minimum absolute atomic E-state index is 0.639. The third kappa shape index (κ3) is 6.82. The molecule has 0 radical (unpaired) electrons. The van der Waals surface area contributed by atoms with Crippen LogP contribution in [0.5, 0.6) is 5.75 Å². The molecule has 1 nitrogen and oxygen atoms in total. The van der Waals surface area contributed by atoms with Gasteiger partial charge in [0.2, 0.25) is 0 Å². The predicted octanol–water partition coefficient (Wildman–Crippen LogP) is 7.45. The highest BCUT2D eigenvalue weighted by Crippen LogP contribution is 2.32. The Morgan fingerprint density at radius 1 is 0.897 bits per heavy atom. The molecule has 0 heterocycles. The summed E-state index contributed by atoms with van der Waals surface area (Å²) in [6.07, 6.45) is 11.9. The summed E-state index contributed by atoms with van der Waals surface area (Å²) in [5.41, 5.74) is 5.29. The van der Waals surface area contributed by atoms with E-state index in [-0.39, 0.29) is 0 Å². The van der Waals surface area contributed by atoms with E-state index in [1.54, 1.807) is 0 Å². The van der Waals surface area contributed by atoms with Crippen LogP contribution in [0.25, 0.3) is 0 Å². The van der Waals surface area contributed by atoms with E-state index in [1.807, 2.05) is 24.3 Å². The van der Waals surface area contributed by atoms with Gasteiger partial charge in [-0.25, -0.2) is 0 Å². The average molecular weight is 387 g/mol. The zero-order valence-corrected chi connectivity index (χ0v) is 18.0. The molecule has 0 fully saturated rings. The van der Waals surface area contributed by atoms with E-state index in [2.05, 4.69) is 56.0 Å². The first-order valence-corrected chi connectivity index (χ1v) is 11.3. The van der Waals surface area contributed by atoms with Crippen molar-refractivity contribution in [3.63, 3.8) is 0 Å². The van der Waals surface area contributed by atoms with E-state index >= 15 is 0 Å². The summed E-state index contributed by atoms with van der Waals surface area (Å²) in [6, 6.07) is 17.5. The third-order valence-electron chi connectivity index (χ3n) is 5.63. The second kappa shape index (κ2) is 11.5. The maximum atomic E-state index is 5.63. The SMILES string of the molecule is CCCCCc1ccc(C2CC=C(C#Cc3ccc(OCCC)cc3)CC2)cc1. The fraction of sp³-hybridized carbons (Fsp3) is 0.429. The van der Waals surface area contributed by atoms with Crippen LogP contribution in [0.2, 0.25) is 0 Å². The van der Waals surface area contributed by atoms with Crippen molar-refractivity contribution in [1.82, 2.24) is 0 Å². The van der Waals surface area contributed by atoms with Crippen LogP contribution in [0, 0.1) is 11.8 Å². The van der Waals surface area contributed by atoms with E-state index < -0.39 is 0 Å². The van der Waals surface area contributed by atoms with Crippen LogP contribution < -0.4 is 4.74 Å². The molecule has 0 bridgehead atoms. The Morgan fingerprint density at radius 2 is 1.69 bits per heavy atom. The predicted molar refractivity (Wildman–Crippen MR) is 123 cm³/mol. The molecule has 0 N–H and O–H groups in total. The van der Waals surface area contributed by atoms with E-state index in [0.717, 1.165) is 37.2 Å². The minimum Gasteiger partial charge on any atom is -0.494 e. The lowest BCUT2D eigenvalue weighted by molar-refractivity contribution is 0.317. The van der Waals surface area contributed by atoms with Gasteiger partial charge in [0, 0.05) is 5.56 Å². The molecule has 1 unspecified atom stereocenters. The van der Waals surface area contributed by atoms with Gasteiger partial charge in [-0.3, -0.25) is 0 Å². The molecule has 2 aromatic carbocycles. The smallest absolute Gasteiger partial charge is 0.119 e. The number of rotatable bonds is 8. The highest BCUT2D eigenvalue weighted by Gasteiger charge is 2.15. The van der Waals surface area contributed by atoms with Gasteiger partial charge in [0.15, 0.2) is 0 Å². The van der Waals surface area contributed by atoms with Crippen LogP contribution >= 0.6 is 0 Å². The molecule has 2 aromatic rings. The van der Waals surface area contributed by atoms with Crippen molar-refractivity contribution in [1.29, 1.82) is 0 Å². The zero-order valence-electron chi connectivity index (χ0n) is 18.0. The van der Waals surface area contributed by atoms with Crippen molar-refractivity contribution >= 4 is 0 Å². The molecule has 1 aliphatic rings. The molecule has 1 atom stereocenters. The lowest BCUT2D eigenvalue weighted by Gasteiger charge is -2.20. The largest absolute Gasteiger partial charge is 0.494 e. The molecule has 0 spiro atoms. The maximum absolute atomic E-state index is 5.63. The van der Waals surface area contributed by atoms with Gasteiger partial charge < -0.3 is 4.74 Å². The van der Waals surface area contributed by atoms with E-state index in [4.69, 9.17) is 4.74 Å². The van der Waals surface area contributed by atoms with Gasteiger partial charge in [0.25, 0.3) is 0 Å². The molecule has 29 heavy (non-hydrogen) atoms. The van der Waals surface area contributed by atoms with Gasteiger partial charge in [-0.2, -0.15) is 0 Å². The molecule has 0 saturated carbocycles. The van der Waals surface area contributed by atoms with Gasteiger partial charge in [-0.05, 0) is 85.4 Å². The summed E-state index contributed by atoms with van der Waals surface area (Å²) in [5, 5.41) is 0. The summed E-state index contributed by atoms with van der Waals surface area (Å²) in [4.78, 5) is 0. The molecule has 0 saturated heterocycles. The van der Waals surface area contributed by atoms with Crippen LogP contribution in [0.3, 0.4) is 0 Å². The summed E-state index contributed by atoms with van der Waals surface area (Å²) >= 11 is 0. The van der Waals surface area contributed by atoms with Gasteiger partial charge >= 0.3 is 0 Å². The Hall–Kier alpha value is -2.46. The molecule has 0 aliphatic heterocycles. The summed E-state index contributed by atoms with van der Waals surface area (Å²) in [6.45, 7) is 5.14. The lowest BCUT2D eigenvalue weighted by atomic mass is 9.84. The van der Waals surface area contributed by atoms with E-state index in [9.17, 15) is 0 Å². The van der Waals surface area contributed by atoms with Crippen molar-refractivity contribution < 1.29 is 4.74 Å². The molecule has 0 amide bonds. The number of benzene rings is 2. The molecular weight excluding hydrogens is 352 g/mol. The zero-order chi connectivity index (χ0) is 20.3. The quantitative estimate of drug-likeness (QED) is 0.338. The molecule has 1 heteroatoms. The van der Waals surface area contributed by atoms with Gasteiger partial charge in [0.05, 0.1) is 6.61 Å². The van der Waals surface area contributed by atoms with Crippen LogP contribution in [0.4, 0.5) is 0 Å². The Balaban J connectivity index is 1.52. The van der Waals surface area contributed by atoms with Crippen LogP contribution in [-0.2, 0) is 6.42 Å². The van der Waals surface area contributed by atoms with Gasteiger partial charge in [-0.1, -0.05) is 68.9 Å². The highest BCUT2D eigenvalue weighted by molar-refractivity contribution is 5.43. The normalized spacial score (nSPS) is 15.9. The second-order valence-electron chi connectivity index (χ2n) is 8.02. The maximum Gasteiger partial charge on any atom is 0.119 e. The molecule has 152 valence electrons.